The summed E-state index contributed by atoms with van der Waals surface area (Å²) in [5.41, 5.74) is 0. The molecule has 0 spiro atoms. The maximum atomic E-state index is 13.0. The van der Waals surface area contributed by atoms with Crippen LogP contribution >= 0.6 is 7.82 Å². The number of aliphatic hydroxyl groups excluding tert-OH is 1. The number of carbonyl (C=O) groups excluding carboxylic acids is 3. The van der Waals surface area contributed by atoms with Crippen LogP contribution in [0.15, 0.2) is 134 Å². The summed E-state index contributed by atoms with van der Waals surface area (Å²) >= 11 is 0. The molecule has 0 aliphatic rings. The molecule has 11 nitrogen and oxygen atoms in total. The highest BCUT2D eigenvalue weighted by Crippen LogP contribution is 2.43. The molecule has 0 saturated heterocycles. The molecular weight excluding hydrogens is 1050 g/mol. The standard InChI is InChI=1S/C70H115O11P/c1-4-7-10-13-16-19-22-25-28-31-33-36-39-42-45-48-51-54-57-60-69(73)80-66(62-71)64-78-82(75,76)79-65-67(63-77-68(72)59-56-53-50-47-44-41-38-35-30-27-24-21-18-15-12-9-6-3)81-70(74)61-58-55-52-49-46-43-40-37-34-32-29-26-23-20-17-14-11-8-5-2/h8-9,11-12,16-21,25-30,34,37-38,41,47,50,66-67,71H,4-7,10,13-15,22-24,31-33,35-36,39-40,42-46,48-49,51-65H2,1-3H3,(H,75,76)/b11-8-,12-9-,19-16-,20-17-,21-18-,28-25-,29-26-,30-27-,37-34-,41-38-,50-47-. The molecule has 0 fully saturated rings. The van der Waals surface area contributed by atoms with Crippen LogP contribution in [0, 0.1) is 0 Å². The number of hydrogen-bond donors (Lipinski definition) is 2. The average molecular weight is 1160 g/mol. The summed E-state index contributed by atoms with van der Waals surface area (Å²) in [5, 5.41) is 9.86. The van der Waals surface area contributed by atoms with Gasteiger partial charge in [0.2, 0.25) is 0 Å². The summed E-state index contributed by atoms with van der Waals surface area (Å²) < 4.78 is 39.6. The molecule has 0 rings (SSSR count). The Morgan fingerprint density at radius 3 is 1.01 bits per heavy atom. The van der Waals surface area contributed by atoms with E-state index in [0.29, 0.717) is 25.7 Å². The first-order chi connectivity index (χ1) is 40.2. The van der Waals surface area contributed by atoms with Crippen LogP contribution in [0.25, 0.3) is 0 Å². The highest BCUT2D eigenvalue weighted by molar-refractivity contribution is 7.47. The van der Waals surface area contributed by atoms with Crippen molar-refractivity contribution >= 4 is 25.7 Å². The molecule has 3 atom stereocenters. The Balaban J connectivity index is 4.79. The fourth-order valence-electron chi connectivity index (χ4n) is 8.24. The van der Waals surface area contributed by atoms with E-state index in [1.165, 1.54) is 57.8 Å². The number of esters is 3. The van der Waals surface area contributed by atoms with Gasteiger partial charge in [0.1, 0.15) is 12.7 Å². The third kappa shape index (κ3) is 60.2. The molecule has 0 aliphatic carbocycles. The lowest BCUT2D eigenvalue weighted by molar-refractivity contribution is -0.161. The van der Waals surface area contributed by atoms with E-state index in [1.807, 2.05) is 6.08 Å². The Hall–Kier alpha value is -4.38. The first-order valence-electron chi connectivity index (χ1n) is 32.1. The van der Waals surface area contributed by atoms with Crippen molar-refractivity contribution in [3.05, 3.63) is 134 Å². The molecule has 0 amide bonds. The second-order valence-electron chi connectivity index (χ2n) is 20.8. The van der Waals surface area contributed by atoms with Gasteiger partial charge in [-0.3, -0.25) is 23.4 Å². The first-order valence-corrected chi connectivity index (χ1v) is 33.6. The largest absolute Gasteiger partial charge is 0.472 e. The van der Waals surface area contributed by atoms with Crippen LogP contribution in [-0.2, 0) is 42.2 Å². The highest BCUT2D eigenvalue weighted by atomic mass is 31.2. The minimum atomic E-state index is -4.78. The normalized spacial score (nSPS) is 14.2. The van der Waals surface area contributed by atoms with Gasteiger partial charge in [-0.05, 0) is 128 Å². The van der Waals surface area contributed by atoms with Gasteiger partial charge in [0.25, 0.3) is 0 Å². The van der Waals surface area contributed by atoms with E-state index >= 15 is 0 Å². The van der Waals surface area contributed by atoms with Gasteiger partial charge in [0, 0.05) is 19.3 Å². The zero-order valence-electron chi connectivity index (χ0n) is 51.7. The number of aliphatic hydroxyl groups is 1. The fraction of sp³-hybridized carbons (Fsp3) is 0.643. The molecule has 0 radical (unpaired) electrons. The second-order valence-corrected chi connectivity index (χ2v) is 22.3. The molecule has 0 saturated carbocycles. The van der Waals surface area contributed by atoms with E-state index in [-0.39, 0.29) is 25.9 Å². The van der Waals surface area contributed by atoms with Gasteiger partial charge in [-0.1, -0.05) is 238 Å². The number of unbranched alkanes of at least 4 members (excludes halogenated alkanes) is 19. The van der Waals surface area contributed by atoms with E-state index in [2.05, 4.69) is 148 Å². The minimum absolute atomic E-state index is 0.132. The Kier molecular flexibility index (Phi) is 59.3. The number of carbonyl (C=O) groups is 3. The predicted molar refractivity (Wildman–Crippen MR) is 343 cm³/mol. The van der Waals surface area contributed by atoms with Crippen molar-refractivity contribution in [2.75, 3.05) is 26.4 Å². The Morgan fingerprint density at radius 2 is 0.646 bits per heavy atom. The SMILES string of the molecule is CC/C=C\C/C=C\C/C=C\C/C=C\C/C=C\CCCC(=O)OCC(COP(=O)(O)OCC(CO)OC(=O)CCCCCCCCCCC/C=C\C/C=C\CCCCC)OC(=O)CCCCCCCC/C=C\C/C=C\C/C=C\C/C=C\CC. The predicted octanol–water partition coefficient (Wildman–Crippen LogP) is 19.7. The Bertz CT molecular complexity index is 1890. The van der Waals surface area contributed by atoms with Gasteiger partial charge in [-0.2, -0.15) is 0 Å². The van der Waals surface area contributed by atoms with Crippen LogP contribution in [0.2, 0.25) is 0 Å². The molecule has 0 aromatic carbocycles. The Labute approximate surface area is 500 Å². The zero-order chi connectivity index (χ0) is 59.8. The first kappa shape index (κ1) is 77.6. The van der Waals surface area contributed by atoms with Crippen LogP contribution in [-0.4, -0.2) is 66.5 Å². The highest BCUT2D eigenvalue weighted by Gasteiger charge is 2.28. The third-order valence-electron chi connectivity index (χ3n) is 13.0. The summed E-state index contributed by atoms with van der Waals surface area (Å²) in [7, 11) is -4.78. The monoisotopic (exact) mass is 1160 g/mol. The van der Waals surface area contributed by atoms with Crippen molar-refractivity contribution in [1.29, 1.82) is 0 Å². The maximum absolute atomic E-state index is 13.0. The number of hydrogen-bond acceptors (Lipinski definition) is 10. The second kappa shape index (κ2) is 62.7. The molecule has 0 aromatic rings. The van der Waals surface area contributed by atoms with E-state index in [1.54, 1.807) is 0 Å². The smallest absolute Gasteiger partial charge is 0.462 e. The van der Waals surface area contributed by atoms with Crippen molar-refractivity contribution < 1.29 is 52.2 Å². The van der Waals surface area contributed by atoms with E-state index in [9.17, 15) is 28.9 Å². The van der Waals surface area contributed by atoms with E-state index in [4.69, 9.17) is 23.3 Å². The quantitative estimate of drug-likeness (QED) is 0.0197. The van der Waals surface area contributed by atoms with Gasteiger partial charge in [-0.15, -0.1) is 0 Å². The van der Waals surface area contributed by atoms with E-state index in [0.717, 1.165) is 128 Å². The van der Waals surface area contributed by atoms with Gasteiger partial charge in [0.05, 0.1) is 19.8 Å². The maximum Gasteiger partial charge on any atom is 0.472 e. The van der Waals surface area contributed by atoms with Crippen LogP contribution in [0.1, 0.15) is 252 Å². The van der Waals surface area contributed by atoms with Gasteiger partial charge in [0.15, 0.2) is 6.10 Å². The molecule has 12 heteroatoms. The van der Waals surface area contributed by atoms with Crippen molar-refractivity contribution in [3.8, 4) is 0 Å². The summed E-state index contributed by atoms with van der Waals surface area (Å²) in [4.78, 5) is 48.8. The molecule has 466 valence electrons. The lowest BCUT2D eigenvalue weighted by atomic mass is 10.1. The van der Waals surface area contributed by atoms with Gasteiger partial charge < -0.3 is 24.2 Å². The van der Waals surface area contributed by atoms with E-state index < -0.39 is 57.8 Å². The summed E-state index contributed by atoms with van der Waals surface area (Å²) in [6.45, 7) is 4.32. The van der Waals surface area contributed by atoms with Crippen LogP contribution in [0.5, 0.6) is 0 Å². The Morgan fingerprint density at radius 1 is 0.354 bits per heavy atom. The van der Waals surface area contributed by atoms with Crippen LogP contribution in [0.4, 0.5) is 0 Å². The average Bonchev–Trinajstić information content (AvgIpc) is 3.47. The van der Waals surface area contributed by atoms with Crippen molar-refractivity contribution in [2.24, 2.45) is 0 Å². The number of rotatable bonds is 58. The number of phosphoric acid groups is 1. The molecule has 0 bridgehead atoms. The molecule has 0 aliphatic heterocycles. The lowest BCUT2D eigenvalue weighted by Gasteiger charge is -2.21. The van der Waals surface area contributed by atoms with Gasteiger partial charge >= 0.3 is 25.7 Å². The van der Waals surface area contributed by atoms with Gasteiger partial charge in [-0.25, -0.2) is 4.57 Å². The molecule has 0 heterocycles. The zero-order valence-corrected chi connectivity index (χ0v) is 52.6. The topological polar surface area (TPSA) is 155 Å². The lowest BCUT2D eigenvalue weighted by Crippen LogP contribution is -2.30. The fourth-order valence-corrected chi connectivity index (χ4v) is 9.02. The molecule has 3 unspecified atom stereocenters. The summed E-state index contributed by atoms with van der Waals surface area (Å²) in [6, 6.07) is 0. The number of phosphoric ester groups is 1. The van der Waals surface area contributed by atoms with Crippen molar-refractivity contribution in [3.63, 3.8) is 0 Å². The molecule has 82 heavy (non-hydrogen) atoms. The van der Waals surface area contributed by atoms with Crippen LogP contribution < -0.4 is 0 Å². The third-order valence-corrected chi connectivity index (χ3v) is 14.0. The molecule has 2 N–H and O–H groups in total. The summed E-state index contributed by atoms with van der Waals surface area (Å²) in [5.74, 6) is -1.56. The van der Waals surface area contributed by atoms with Crippen molar-refractivity contribution in [1.82, 2.24) is 0 Å². The minimum Gasteiger partial charge on any atom is -0.462 e. The molecule has 0 aromatic heterocycles. The number of ether oxygens (including phenoxy) is 3. The van der Waals surface area contributed by atoms with Crippen LogP contribution in [0.3, 0.4) is 0 Å². The van der Waals surface area contributed by atoms with Crippen molar-refractivity contribution in [2.45, 2.75) is 264 Å². The molecular formula is C70H115O11P. The number of allylic oxidation sites excluding steroid dienone is 22. The summed E-state index contributed by atoms with van der Waals surface area (Å²) in [6.07, 6.45) is 79.7.